The molecule has 0 heterocycles. The van der Waals surface area contributed by atoms with Gasteiger partial charge in [-0.25, -0.2) is 8.42 Å². The average Bonchev–Trinajstić information content (AvgIpc) is 3.08. The summed E-state index contributed by atoms with van der Waals surface area (Å²) in [5.74, 6) is 0.763. The maximum Gasteiger partial charge on any atom is 1.00 e. The van der Waals surface area contributed by atoms with Gasteiger partial charge < -0.3 is 18.8 Å². The monoisotopic (exact) mass is 749 g/mol. The molecule has 0 amide bonds. The third-order valence-electron chi connectivity index (χ3n) is 9.55. The second-order valence-electron chi connectivity index (χ2n) is 14.3. The van der Waals surface area contributed by atoms with E-state index in [1.54, 1.807) is 6.07 Å². The molecule has 8 heteroatoms. The van der Waals surface area contributed by atoms with Crippen LogP contribution < -0.4 is 65.6 Å². The van der Waals surface area contributed by atoms with Crippen molar-refractivity contribution >= 4 is 10.1 Å². The van der Waals surface area contributed by atoms with Crippen molar-refractivity contribution in [1.29, 1.82) is 0 Å². The van der Waals surface area contributed by atoms with Gasteiger partial charge in [-0.15, -0.1) is 0 Å². The Morgan fingerprint density at radius 3 is 1.02 bits per heavy atom. The average molecular weight is 749 g/mol. The van der Waals surface area contributed by atoms with Crippen LogP contribution in [0.1, 0.15) is 213 Å². The van der Waals surface area contributed by atoms with Gasteiger partial charge in [0.2, 0.25) is 5.75 Å². The Balaban J connectivity index is 0.0000240. The molecule has 288 valence electrons. The first-order valence-corrected chi connectivity index (χ1v) is 22.4. The molecule has 50 heavy (non-hydrogen) atoms. The zero-order chi connectivity index (χ0) is 35.7. The summed E-state index contributed by atoms with van der Waals surface area (Å²) in [6.45, 7) is 8.04. The Labute approximate surface area is 352 Å². The summed E-state index contributed by atoms with van der Waals surface area (Å²) >= 11 is 0. The summed E-state index contributed by atoms with van der Waals surface area (Å²) in [7, 11) is -4.75. The fraction of sp³-hybridized carbons (Fsp3) is 0.857. The van der Waals surface area contributed by atoms with Crippen LogP contribution in [0.5, 0.6) is 17.2 Å². The molecule has 6 nitrogen and oxygen atoms in total. The quantitative estimate of drug-likeness (QED) is 0.0383. The van der Waals surface area contributed by atoms with Gasteiger partial charge >= 0.3 is 51.4 Å². The minimum absolute atomic E-state index is 0. The molecule has 0 unspecified atom stereocenters. The zero-order valence-electron chi connectivity index (χ0n) is 33.3. The van der Waals surface area contributed by atoms with Crippen molar-refractivity contribution in [3.63, 3.8) is 0 Å². The van der Waals surface area contributed by atoms with E-state index in [0.717, 1.165) is 51.4 Å². The summed E-state index contributed by atoms with van der Waals surface area (Å²) in [4.78, 5) is -0.357. The molecule has 0 N–H and O–H groups in total. The molecule has 0 aliphatic rings. The molecule has 0 atom stereocenters. The molecule has 0 spiro atoms. The maximum absolute atomic E-state index is 12.3. The number of benzene rings is 1. The first-order valence-electron chi connectivity index (χ1n) is 21.0. The van der Waals surface area contributed by atoms with Crippen LogP contribution in [-0.2, 0) is 10.1 Å². The normalized spacial score (nSPS) is 11.4. The molecule has 0 bridgehead atoms. The maximum atomic E-state index is 12.3. The van der Waals surface area contributed by atoms with Gasteiger partial charge in [0.25, 0.3) is 0 Å². The minimum Gasteiger partial charge on any atom is -0.744 e. The summed E-state index contributed by atoms with van der Waals surface area (Å²) in [5, 5.41) is 0. The number of rotatable bonds is 37. The second-order valence-corrected chi connectivity index (χ2v) is 15.6. The number of hydrogen-bond donors (Lipinski definition) is 0. The summed E-state index contributed by atoms with van der Waals surface area (Å²) < 4.78 is 55.4. The van der Waals surface area contributed by atoms with Crippen LogP contribution in [0.4, 0.5) is 0 Å². The van der Waals surface area contributed by atoms with E-state index in [1.807, 2.05) is 0 Å². The van der Waals surface area contributed by atoms with Crippen LogP contribution in [-0.4, -0.2) is 32.8 Å². The third-order valence-corrected chi connectivity index (χ3v) is 10.4. The molecular formula is C42H77KO6S. The van der Waals surface area contributed by atoms with Crippen molar-refractivity contribution in [1.82, 2.24) is 0 Å². The second kappa shape index (κ2) is 36.2. The molecule has 0 saturated carbocycles. The summed E-state index contributed by atoms with van der Waals surface area (Å²) in [6.07, 6.45) is 36.6. The largest absolute Gasteiger partial charge is 1.00 e. The summed E-state index contributed by atoms with van der Waals surface area (Å²) in [5.41, 5.74) is 0. The van der Waals surface area contributed by atoms with Gasteiger partial charge in [-0.3, -0.25) is 0 Å². The molecule has 0 saturated heterocycles. The van der Waals surface area contributed by atoms with Crippen molar-refractivity contribution in [2.45, 2.75) is 218 Å². The SMILES string of the molecule is CCCCCCCCCCCCOc1ccc(S(=O)(=O)[O-])c(OCCCCCCCCCCCC)c1OCCCCCCCCCCCC.[K+]. The van der Waals surface area contributed by atoms with Gasteiger partial charge in [-0.2, -0.15) is 0 Å². The Bertz CT molecular complexity index is 987. The predicted molar refractivity (Wildman–Crippen MR) is 206 cm³/mol. The van der Waals surface area contributed by atoms with Crippen molar-refractivity contribution in [3.05, 3.63) is 12.1 Å². The van der Waals surface area contributed by atoms with Crippen molar-refractivity contribution in [2.75, 3.05) is 19.8 Å². The molecular weight excluding hydrogens is 672 g/mol. The van der Waals surface area contributed by atoms with Gasteiger partial charge in [-0.1, -0.05) is 194 Å². The van der Waals surface area contributed by atoms with E-state index in [4.69, 9.17) is 14.2 Å². The fourth-order valence-electron chi connectivity index (χ4n) is 6.41. The standard InChI is InChI=1S/C42H78O6S.K/c1-4-7-10-13-16-19-22-25-28-31-36-46-39-34-35-40(49(43,44)45)42(48-38-33-30-27-24-21-18-15-12-9-6-3)41(39)47-37-32-29-26-23-20-17-14-11-8-5-2;/h34-35H,4-33,36-38H2,1-3H3,(H,43,44,45);/q;+1/p-1. The molecule has 0 aliphatic heterocycles. The third kappa shape index (κ3) is 27.7. The van der Waals surface area contributed by atoms with Crippen molar-refractivity contribution < 1.29 is 78.6 Å². The van der Waals surface area contributed by atoms with E-state index in [2.05, 4.69) is 20.8 Å². The Morgan fingerprint density at radius 2 is 0.700 bits per heavy atom. The molecule has 1 aromatic carbocycles. The van der Waals surface area contributed by atoms with E-state index in [9.17, 15) is 13.0 Å². The molecule has 1 rings (SSSR count). The first-order chi connectivity index (χ1) is 24.0. The summed E-state index contributed by atoms with van der Waals surface area (Å²) in [6, 6.07) is 2.90. The number of unbranched alkanes of at least 4 members (excludes halogenated alkanes) is 27. The molecule has 0 radical (unpaired) electrons. The van der Waals surface area contributed by atoms with E-state index in [0.29, 0.717) is 25.6 Å². The predicted octanol–water partition coefficient (Wildman–Crippen LogP) is 10.5. The Morgan fingerprint density at radius 1 is 0.420 bits per heavy atom. The van der Waals surface area contributed by atoms with Gasteiger partial charge in [0.15, 0.2) is 11.5 Å². The van der Waals surface area contributed by atoms with Crippen LogP contribution in [0.25, 0.3) is 0 Å². The van der Waals surface area contributed by atoms with Crippen LogP contribution in [0.2, 0.25) is 0 Å². The molecule has 1 aromatic rings. The van der Waals surface area contributed by atoms with Crippen LogP contribution in [0, 0.1) is 0 Å². The molecule has 0 aliphatic carbocycles. The van der Waals surface area contributed by atoms with E-state index in [-0.39, 0.29) is 67.8 Å². The van der Waals surface area contributed by atoms with Gasteiger partial charge in [0.1, 0.15) is 15.0 Å². The zero-order valence-corrected chi connectivity index (χ0v) is 37.3. The van der Waals surface area contributed by atoms with Gasteiger partial charge in [-0.05, 0) is 31.4 Å². The number of ether oxygens (including phenoxy) is 3. The van der Waals surface area contributed by atoms with E-state index < -0.39 is 10.1 Å². The minimum atomic E-state index is -4.75. The van der Waals surface area contributed by atoms with E-state index in [1.165, 1.54) is 147 Å². The fourth-order valence-corrected chi connectivity index (χ4v) is 7.02. The Hall–Kier alpha value is 0.166. The van der Waals surface area contributed by atoms with Crippen LogP contribution >= 0.6 is 0 Å². The first kappa shape index (κ1) is 50.2. The smallest absolute Gasteiger partial charge is 0.744 e. The Kier molecular flexibility index (Phi) is 36.3. The van der Waals surface area contributed by atoms with E-state index >= 15 is 0 Å². The van der Waals surface area contributed by atoms with Gasteiger partial charge in [0.05, 0.1) is 19.8 Å². The number of hydrogen-bond acceptors (Lipinski definition) is 6. The molecule has 0 aromatic heterocycles. The van der Waals surface area contributed by atoms with Crippen LogP contribution in [0.15, 0.2) is 17.0 Å². The van der Waals surface area contributed by atoms with Crippen LogP contribution in [0.3, 0.4) is 0 Å². The molecule has 0 fully saturated rings. The van der Waals surface area contributed by atoms with Gasteiger partial charge in [0, 0.05) is 0 Å². The van der Waals surface area contributed by atoms with Crippen molar-refractivity contribution in [3.8, 4) is 17.2 Å². The van der Waals surface area contributed by atoms with Crippen molar-refractivity contribution in [2.24, 2.45) is 0 Å². The topological polar surface area (TPSA) is 84.9 Å².